The van der Waals surface area contributed by atoms with Gasteiger partial charge in [0.2, 0.25) is 5.91 Å². The lowest BCUT2D eigenvalue weighted by Crippen LogP contribution is -2.43. The van der Waals surface area contributed by atoms with Gasteiger partial charge in [-0.3, -0.25) is 4.79 Å². The molecule has 4 nitrogen and oxygen atoms in total. The Bertz CT molecular complexity index is 656. The molecule has 4 heteroatoms. The zero-order chi connectivity index (χ0) is 16.9. The number of amides is 1. The third kappa shape index (κ3) is 4.02. The highest BCUT2D eigenvalue weighted by molar-refractivity contribution is 5.90. The fourth-order valence-electron chi connectivity index (χ4n) is 2.95. The molecule has 0 saturated heterocycles. The first-order chi connectivity index (χ1) is 11.6. The van der Waals surface area contributed by atoms with Gasteiger partial charge >= 0.3 is 5.97 Å². The van der Waals surface area contributed by atoms with E-state index in [1.165, 1.54) is 0 Å². The second-order valence-corrected chi connectivity index (χ2v) is 6.33. The summed E-state index contributed by atoms with van der Waals surface area (Å²) in [6.45, 7) is 0. The van der Waals surface area contributed by atoms with E-state index in [0.717, 1.165) is 24.0 Å². The van der Waals surface area contributed by atoms with Gasteiger partial charge in [0, 0.05) is 0 Å². The van der Waals surface area contributed by atoms with Gasteiger partial charge < -0.3 is 10.4 Å². The predicted molar refractivity (Wildman–Crippen MR) is 91.6 cm³/mol. The summed E-state index contributed by atoms with van der Waals surface area (Å²) in [5.74, 6) is -1.30. The largest absolute Gasteiger partial charge is 0.480 e. The van der Waals surface area contributed by atoms with E-state index in [1.54, 1.807) is 0 Å². The van der Waals surface area contributed by atoms with Crippen molar-refractivity contribution >= 4 is 11.9 Å². The predicted octanol–water partition coefficient (Wildman–Crippen LogP) is 3.19. The van der Waals surface area contributed by atoms with E-state index in [-0.39, 0.29) is 5.91 Å². The van der Waals surface area contributed by atoms with Crippen LogP contribution in [0.15, 0.2) is 60.7 Å². The Morgan fingerprint density at radius 3 is 1.88 bits per heavy atom. The summed E-state index contributed by atoms with van der Waals surface area (Å²) in [6, 6.07) is 18.1. The van der Waals surface area contributed by atoms with E-state index in [0.29, 0.717) is 12.3 Å². The Hall–Kier alpha value is -2.62. The molecule has 3 rings (SSSR count). The summed E-state index contributed by atoms with van der Waals surface area (Å²) in [5.41, 5.74) is 1.72. The summed E-state index contributed by atoms with van der Waals surface area (Å²) in [4.78, 5) is 24.4. The van der Waals surface area contributed by atoms with Gasteiger partial charge in [0.05, 0.1) is 5.92 Å². The van der Waals surface area contributed by atoms with Gasteiger partial charge in [-0.25, -0.2) is 4.79 Å². The first kappa shape index (κ1) is 16.2. The lowest BCUT2D eigenvalue weighted by atomic mass is 9.90. The molecule has 1 atom stereocenters. The molecule has 0 bridgehead atoms. The maximum absolute atomic E-state index is 12.9. The van der Waals surface area contributed by atoms with Crippen molar-refractivity contribution < 1.29 is 14.7 Å². The third-order valence-corrected chi connectivity index (χ3v) is 4.41. The van der Waals surface area contributed by atoms with Crippen molar-refractivity contribution in [2.75, 3.05) is 0 Å². The molecule has 124 valence electrons. The summed E-state index contributed by atoms with van der Waals surface area (Å²) in [5, 5.41) is 12.2. The van der Waals surface area contributed by atoms with Crippen LogP contribution in [0.5, 0.6) is 0 Å². The van der Waals surface area contributed by atoms with Crippen LogP contribution in [0.4, 0.5) is 0 Å². The van der Waals surface area contributed by atoms with Crippen LogP contribution in [0.3, 0.4) is 0 Å². The molecule has 2 aromatic carbocycles. The first-order valence-corrected chi connectivity index (χ1v) is 8.28. The zero-order valence-corrected chi connectivity index (χ0v) is 13.4. The average molecular weight is 323 g/mol. The molecule has 0 heterocycles. The number of carboxylic acid groups (broad SMARTS) is 1. The minimum atomic E-state index is -0.963. The van der Waals surface area contributed by atoms with Gasteiger partial charge in [-0.15, -0.1) is 0 Å². The number of carbonyl (C=O) groups excluding carboxylic acids is 1. The molecule has 1 aliphatic carbocycles. The van der Waals surface area contributed by atoms with Crippen LogP contribution in [-0.4, -0.2) is 23.0 Å². The van der Waals surface area contributed by atoms with Crippen LogP contribution >= 0.6 is 0 Å². The molecule has 1 aliphatic rings. The van der Waals surface area contributed by atoms with Crippen molar-refractivity contribution in [3.05, 3.63) is 71.8 Å². The third-order valence-electron chi connectivity index (χ3n) is 4.41. The van der Waals surface area contributed by atoms with E-state index in [2.05, 4.69) is 5.32 Å². The summed E-state index contributed by atoms with van der Waals surface area (Å²) in [7, 11) is 0. The zero-order valence-electron chi connectivity index (χ0n) is 13.4. The normalized spacial score (nSPS) is 15.0. The highest BCUT2D eigenvalue weighted by Gasteiger charge is 2.32. The first-order valence-electron chi connectivity index (χ1n) is 8.28. The molecule has 0 spiro atoms. The van der Waals surface area contributed by atoms with Gasteiger partial charge in [0.1, 0.15) is 6.04 Å². The van der Waals surface area contributed by atoms with E-state index < -0.39 is 17.9 Å². The number of hydrogen-bond donors (Lipinski definition) is 2. The van der Waals surface area contributed by atoms with Gasteiger partial charge in [-0.1, -0.05) is 73.5 Å². The van der Waals surface area contributed by atoms with E-state index in [4.69, 9.17) is 0 Å². The van der Waals surface area contributed by atoms with Crippen molar-refractivity contribution in [3.8, 4) is 0 Å². The van der Waals surface area contributed by atoms with E-state index >= 15 is 0 Å². The molecule has 1 fully saturated rings. The van der Waals surface area contributed by atoms with E-state index in [1.807, 2.05) is 60.7 Å². The molecule has 2 N–H and O–H groups in total. The van der Waals surface area contributed by atoms with Crippen LogP contribution in [0.1, 0.15) is 36.3 Å². The van der Waals surface area contributed by atoms with Crippen LogP contribution in [0.2, 0.25) is 0 Å². The van der Waals surface area contributed by atoms with Crippen LogP contribution in [-0.2, 0) is 9.59 Å². The Morgan fingerprint density at radius 2 is 1.46 bits per heavy atom. The Morgan fingerprint density at radius 1 is 0.958 bits per heavy atom. The maximum Gasteiger partial charge on any atom is 0.326 e. The Kier molecular flexibility index (Phi) is 4.94. The Labute approximate surface area is 141 Å². The standard InChI is InChI=1S/C20H21NO3/c22-19(21-17(20(23)24)13-14-11-12-14)18(15-7-3-1-4-8-15)16-9-5-2-6-10-16/h1-10,14,17-18H,11-13H2,(H,21,22)(H,23,24)/t17-/m0/s1. The van der Waals surface area contributed by atoms with Gasteiger partial charge in [0.25, 0.3) is 0 Å². The van der Waals surface area contributed by atoms with Crippen molar-refractivity contribution in [2.24, 2.45) is 5.92 Å². The number of carbonyl (C=O) groups is 2. The number of carboxylic acids is 1. The number of aliphatic carboxylic acids is 1. The second-order valence-electron chi connectivity index (χ2n) is 6.33. The lowest BCUT2D eigenvalue weighted by molar-refractivity contribution is -0.142. The van der Waals surface area contributed by atoms with Crippen LogP contribution in [0, 0.1) is 5.92 Å². The molecule has 0 radical (unpaired) electrons. The lowest BCUT2D eigenvalue weighted by Gasteiger charge is -2.21. The van der Waals surface area contributed by atoms with Crippen molar-refractivity contribution in [1.82, 2.24) is 5.32 Å². The highest BCUT2D eigenvalue weighted by Crippen LogP contribution is 2.34. The van der Waals surface area contributed by atoms with Crippen LogP contribution < -0.4 is 5.32 Å². The fraction of sp³-hybridized carbons (Fsp3) is 0.300. The van der Waals surface area contributed by atoms with Gasteiger partial charge in [0.15, 0.2) is 0 Å². The monoisotopic (exact) mass is 323 g/mol. The summed E-state index contributed by atoms with van der Waals surface area (Å²) < 4.78 is 0. The van der Waals surface area contributed by atoms with Gasteiger partial charge in [-0.05, 0) is 23.5 Å². The number of rotatable bonds is 7. The summed E-state index contributed by atoms with van der Waals surface area (Å²) in [6.07, 6.45) is 2.62. The molecular weight excluding hydrogens is 302 g/mol. The molecular formula is C20H21NO3. The molecule has 0 unspecified atom stereocenters. The minimum absolute atomic E-state index is 0.263. The minimum Gasteiger partial charge on any atom is -0.480 e. The summed E-state index contributed by atoms with van der Waals surface area (Å²) >= 11 is 0. The van der Waals surface area contributed by atoms with Crippen LogP contribution in [0.25, 0.3) is 0 Å². The van der Waals surface area contributed by atoms with Crippen molar-refractivity contribution in [1.29, 1.82) is 0 Å². The highest BCUT2D eigenvalue weighted by atomic mass is 16.4. The second kappa shape index (κ2) is 7.30. The molecule has 2 aromatic rings. The quantitative estimate of drug-likeness (QED) is 0.822. The number of nitrogens with one attached hydrogen (secondary N) is 1. The maximum atomic E-state index is 12.9. The molecule has 24 heavy (non-hydrogen) atoms. The number of benzene rings is 2. The SMILES string of the molecule is O=C(N[C@@H](CC1CC1)C(=O)O)C(c1ccccc1)c1ccccc1. The van der Waals surface area contributed by atoms with E-state index in [9.17, 15) is 14.7 Å². The smallest absolute Gasteiger partial charge is 0.326 e. The topological polar surface area (TPSA) is 66.4 Å². The average Bonchev–Trinajstić information content (AvgIpc) is 3.40. The Balaban J connectivity index is 1.84. The van der Waals surface area contributed by atoms with Crippen molar-refractivity contribution in [3.63, 3.8) is 0 Å². The van der Waals surface area contributed by atoms with Gasteiger partial charge in [-0.2, -0.15) is 0 Å². The van der Waals surface area contributed by atoms with Crippen molar-refractivity contribution in [2.45, 2.75) is 31.2 Å². The fourth-order valence-corrected chi connectivity index (χ4v) is 2.95. The molecule has 1 amide bonds. The molecule has 0 aromatic heterocycles. The molecule has 1 saturated carbocycles. The molecule has 0 aliphatic heterocycles. The number of hydrogen-bond acceptors (Lipinski definition) is 2.